The molecule has 96 valence electrons. The first-order chi connectivity index (χ1) is 9.13. The molecule has 0 N–H and O–H groups in total. The number of aromatic nitrogens is 4. The second-order valence-corrected chi connectivity index (χ2v) is 4.34. The summed E-state index contributed by atoms with van der Waals surface area (Å²) in [6.45, 7) is 0.358. The molecular weight excluding hydrogens is 247 g/mol. The maximum atomic E-state index is 12.8. The Bertz CT molecular complexity index is 789. The average molecular weight is 258 g/mol. The fourth-order valence-corrected chi connectivity index (χ4v) is 1.95. The van der Waals surface area contributed by atoms with Gasteiger partial charge in [-0.25, -0.2) is 9.37 Å². The summed E-state index contributed by atoms with van der Waals surface area (Å²) in [6, 6.07) is 6.04. The van der Waals surface area contributed by atoms with Gasteiger partial charge in [0.1, 0.15) is 17.5 Å². The fourth-order valence-electron chi connectivity index (χ4n) is 1.95. The van der Waals surface area contributed by atoms with Crippen molar-refractivity contribution in [3.63, 3.8) is 0 Å². The predicted molar refractivity (Wildman–Crippen MR) is 68.3 cm³/mol. The molecule has 1 aromatic carbocycles. The van der Waals surface area contributed by atoms with E-state index in [1.807, 2.05) is 0 Å². The summed E-state index contributed by atoms with van der Waals surface area (Å²) < 4.78 is 15.9. The molecule has 0 unspecified atom stereocenters. The number of nitrogens with zero attached hydrogens (tertiary/aromatic N) is 4. The Labute approximate surface area is 107 Å². The Kier molecular flexibility index (Phi) is 2.63. The van der Waals surface area contributed by atoms with Crippen molar-refractivity contribution in [2.24, 2.45) is 7.05 Å². The van der Waals surface area contributed by atoms with Crippen molar-refractivity contribution < 1.29 is 4.39 Å². The summed E-state index contributed by atoms with van der Waals surface area (Å²) in [7, 11) is 1.74. The van der Waals surface area contributed by atoms with Crippen molar-refractivity contribution in [3.05, 3.63) is 58.5 Å². The van der Waals surface area contributed by atoms with Gasteiger partial charge in [-0.1, -0.05) is 12.1 Å². The van der Waals surface area contributed by atoms with Gasteiger partial charge in [-0.05, 0) is 17.7 Å². The van der Waals surface area contributed by atoms with Crippen molar-refractivity contribution in [3.8, 4) is 0 Å². The normalized spacial score (nSPS) is 11.1. The third kappa shape index (κ3) is 2.12. The first-order valence-electron chi connectivity index (χ1n) is 5.77. The molecule has 0 bridgehead atoms. The average Bonchev–Trinajstić information content (AvgIpc) is 2.77. The number of fused-ring (bicyclic) bond motifs is 1. The van der Waals surface area contributed by atoms with E-state index in [0.717, 1.165) is 5.56 Å². The molecule has 0 atom stereocenters. The summed E-state index contributed by atoms with van der Waals surface area (Å²) >= 11 is 0. The van der Waals surface area contributed by atoms with Crippen LogP contribution in [-0.2, 0) is 13.6 Å². The summed E-state index contributed by atoms with van der Waals surface area (Å²) in [4.78, 5) is 16.3. The second-order valence-electron chi connectivity index (χ2n) is 4.34. The predicted octanol–water partition coefficient (Wildman–Crippen LogP) is 1.32. The zero-order valence-electron chi connectivity index (χ0n) is 10.2. The number of hydrogen-bond acceptors (Lipinski definition) is 3. The molecule has 3 rings (SSSR count). The molecule has 0 aliphatic heterocycles. The third-order valence-electron chi connectivity index (χ3n) is 2.89. The summed E-state index contributed by atoms with van der Waals surface area (Å²) in [6.07, 6.45) is 3.10. The largest absolute Gasteiger partial charge is 0.294 e. The monoisotopic (exact) mass is 258 g/mol. The fraction of sp³-hybridized carbons (Fsp3) is 0.154. The minimum absolute atomic E-state index is 0.151. The van der Waals surface area contributed by atoms with E-state index in [2.05, 4.69) is 10.1 Å². The highest BCUT2D eigenvalue weighted by Gasteiger charge is 2.07. The van der Waals surface area contributed by atoms with Crippen LogP contribution in [0.25, 0.3) is 11.0 Å². The van der Waals surface area contributed by atoms with E-state index < -0.39 is 0 Å². The highest BCUT2D eigenvalue weighted by molar-refractivity contribution is 5.72. The maximum absolute atomic E-state index is 12.8. The third-order valence-corrected chi connectivity index (χ3v) is 2.89. The van der Waals surface area contributed by atoms with Crippen molar-refractivity contribution in [1.82, 2.24) is 19.3 Å². The number of halogens is 1. The number of rotatable bonds is 2. The van der Waals surface area contributed by atoms with E-state index in [0.29, 0.717) is 17.6 Å². The van der Waals surface area contributed by atoms with E-state index >= 15 is 0 Å². The van der Waals surface area contributed by atoms with E-state index in [9.17, 15) is 9.18 Å². The van der Waals surface area contributed by atoms with Crippen LogP contribution in [0.3, 0.4) is 0 Å². The molecule has 2 aromatic heterocycles. The highest BCUT2D eigenvalue weighted by atomic mass is 19.1. The number of benzene rings is 1. The van der Waals surface area contributed by atoms with Crippen molar-refractivity contribution in [2.45, 2.75) is 6.54 Å². The summed E-state index contributed by atoms with van der Waals surface area (Å²) in [5.74, 6) is -0.295. The van der Waals surface area contributed by atoms with Gasteiger partial charge in [-0.15, -0.1) is 0 Å². The van der Waals surface area contributed by atoms with Gasteiger partial charge in [0.25, 0.3) is 5.56 Å². The highest BCUT2D eigenvalue weighted by Crippen LogP contribution is 2.06. The molecular formula is C13H11FN4O. The standard InChI is InChI=1S/C13H11FN4O/c1-17-7-11-12(16-17)15-8-18(13(11)19)6-9-2-4-10(14)5-3-9/h2-5,7-8H,6H2,1H3. The molecule has 0 spiro atoms. The van der Waals surface area contributed by atoms with Crippen LogP contribution in [0.1, 0.15) is 5.56 Å². The van der Waals surface area contributed by atoms with Crippen LogP contribution in [-0.4, -0.2) is 19.3 Å². The molecule has 5 nitrogen and oxygen atoms in total. The van der Waals surface area contributed by atoms with Gasteiger partial charge in [0, 0.05) is 13.2 Å². The number of hydrogen-bond donors (Lipinski definition) is 0. The van der Waals surface area contributed by atoms with Crippen LogP contribution in [0.15, 0.2) is 41.6 Å². The molecule has 0 fully saturated rings. The Balaban J connectivity index is 2.03. The van der Waals surface area contributed by atoms with Gasteiger partial charge in [-0.2, -0.15) is 5.10 Å². The van der Waals surface area contributed by atoms with E-state index in [1.165, 1.54) is 23.0 Å². The van der Waals surface area contributed by atoms with Crippen LogP contribution in [0.4, 0.5) is 4.39 Å². The van der Waals surface area contributed by atoms with Gasteiger partial charge in [0.15, 0.2) is 5.65 Å². The smallest absolute Gasteiger partial charge is 0.264 e. The summed E-state index contributed by atoms with van der Waals surface area (Å²) in [5, 5.41) is 4.56. The topological polar surface area (TPSA) is 52.7 Å². The van der Waals surface area contributed by atoms with Gasteiger partial charge in [0.05, 0.1) is 6.54 Å². The SMILES string of the molecule is Cn1cc2c(=O)n(Cc3ccc(F)cc3)cnc2n1. The molecule has 0 saturated carbocycles. The number of aryl methyl sites for hydroxylation is 1. The van der Waals surface area contributed by atoms with Crippen molar-refractivity contribution in [1.29, 1.82) is 0 Å². The Morgan fingerprint density at radius 3 is 2.74 bits per heavy atom. The first-order valence-corrected chi connectivity index (χ1v) is 5.77. The zero-order valence-corrected chi connectivity index (χ0v) is 10.2. The second kappa shape index (κ2) is 4.31. The Hall–Kier alpha value is -2.50. The quantitative estimate of drug-likeness (QED) is 0.696. The molecule has 3 aromatic rings. The molecule has 6 heteroatoms. The molecule has 0 radical (unpaired) electrons. The van der Waals surface area contributed by atoms with Gasteiger partial charge < -0.3 is 0 Å². The molecule has 19 heavy (non-hydrogen) atoms. The van der Waals surface area contributed by atoms with E-state index in [-0.39, 0.29) is 11.4 Å². The minimum atomic E-state index is -0.295. The lowest BCUT2D eigenvalue weighted by Crippen LogP contribution is -2.20. The zero-order chi connectivity index (χ0) is 13.4. The minimum Gasteiger partial charge on any atom is -0.294 e. The van der Waals surface area contributed by atoms with Gasteiger partial charge in [-0.3, -0.25) is 14.0 Å². The Morgan fingerprint density at radius 2 is 2.00 bits per heavy atom. The van der Waals surface area contributed by atoms with Gasteiger partial charge >= 0.3 is 0 Å². The van der Waals surface area contributed by atoms with Crippen molar-refractivity contribution in [2.75, 3.05) is 0 Å². The Morgan fingerprint density at radius 1 is 1.26 bits per heavy atom. The van der Waals surface area contributed by atoms with E-state index in [1.54, 1.807) is 30.1 Å². The van der Waals surface area contributed by atoms with E-state index in [4.69, 9.17) is 0 Å². The molecule has 0 aliphatic carbocycles. The molecule has 2 heterocycles. The lowest BCUT2D eigenvalue weighted by Gasteiger charge is -2.04. The lowest BCUT2D eigenvalue weighted by molar-refractivity contribution is 0.626. The van der Waals surface area contributed by atoms with Crippen LogP contribution in [0, 0.1) is 5.82 Å². The van der Waals surface area contributed by atoms with Crippen LogP contribution < -0.4 is 5.56 Å². The van der Waals surface area contributed by atoms with Crippen LogP contribution >= 0.6 is 0 Å². The molecule has 0 amide bonds. The lowest BCUT2D eigenvalue weighted by atomic mass is 10.2. The maximum Gasteiger partial charge on any atom is 0.264 e. The summed E-state index contributed by atoms with van der Waals surface area (Å²) in [5.41, 5.74) is 1.12. The molecule has 0 aliphatic rings. The van der Waals surface area contributed by atoms with Crippen LogP contribution in [0.5, 0.6) is 0 Å². The first kappa shape index (κ1) is 11.6. The molecule has 0 saturated heterocycles. The van der Waals surface area contributed by atoms with Gasteiger partial charge in [0.2, 0.25) is 0 Å². The van der Waals surface area contributed by atoms with Crippen molar-refractivity contribution >= 4 is 11.0 Å². The van der Waals surface area contributed by atoms with Crippen LogP contribution in [0.2, 0.25) is 0 Å².